The lowest BCUT2D eigenvalue weighted by Crippen LogP contribution is -2.28. The third kappa shape index (κ3) is 5.85. The molecule has 5 nitrogen and oxygen atoms in total. The molecule has 1 unspecified atom stereocenters. The number of rotatable bonds is 9. The van der Waals surface area contributed by atoms with E-state index in [0.29, 0.717) is 33.7 Å². The molecule has 1 aromatic carbocycles. The van der Waals surface area contributed by atoms with Gasteiger partial charge in [-0.3, -0.25) is 4.79 Å². The first-order chi connectivity index (χ1) is 12.4. The van der Waals surface area contributed by atoms with Crippen LogP contribution >= 0.6 is 11.8 Å². The molecule has 26 heavy (non-hydrogen) atoms. The number of carbonyl (C=O) groups is 1. The van der Waals surface area contributed by atoms with Crippen molar-refractivity contribution in [1.82, 2.24) is 10.3 Å². The third-order valence-corrected chi connectivity index (χ3v) is 7.01. The van der Waals surface area contributed by atoms with Gasteiger partial charge >= 0.3 is 0 Å². The molecule has 0 aliphatic heterocycles. The van der Waals surface area contributed by atoms with Crippen LogP contribution in [0.25, 0.3) is 0 Å². The number of sulfone groups is 1. The number of thioether (sulfide) groups is 1. The number of carbonyl (C=O) groups excluding carboxylic acids is 1. The number of benzene rings is 1. The number of aromatic nitrogens is 1. The van der Waals surface area contributed by atoms with Crippen molar-refractivity contribution >= 4 is 27.5 Å². The lowest BCUT2D eigenvalue weighted by atomic mass is 10.1. The van der Waals surface area contributed by atoms with Crippen molar-refractivity contribution in [3.63, 3.8) is 0 Å². The lowest BCUT2D eigenvalue weighted by molar-refractivity contribution is 0.0944. The zero-order valence-electron chi connectivity index (χ0n) is 15.0. The first-order valence-corrected chi connectivity index (χ1v) is 11.2. The molecule has 0 fully saturated rings. The number of pyridine rings is 1. The van der Waals surface area contributed by atoms with Gasteiger partial charge in [0.05, 0.1) is 16.2 Å². The maximum Gasteiger partial charge on any atom is 0.254 e. The van der Waals surface area contributed by atoms with E-state index in [-0.39, 0.29) is 11.7 Å². The van der Waals surface area contributed by atoms with Crippen molar-refractivity contribution in [2.24, 2.45) is 5.92 Å². The SMILES string of the molecule is CCC(C)CNC(=O)c1cccnc1SCCS(=O)(=O)c1ccccc1. The summed E-state index contributed by atoms with van der Waals surface area (Å²) in [5.74, 6) is 0.557. The van der Waals surface area contributed by atoms with Crippen molar-refractivity contribution in [3.8, 4) is 0 Å². The lowest BCUT2D eigenvalue weighted by Gasteiger charge is -2.12. The Morgan fingerprint density at radius 2 is 1.92 bits per heavy atom. The van der Waals surface area contributed by atoms with E-state index in [1.54, 1.807) is 48.7 Å². The third-order valence-electron chi connectivity index (χ3n) is 4.02. The second-order valence-electron chi connectivity index (χ2n) is 6.06. The molecule has 0 radical (unpaired) electrons. The van der Waals surface area contributed by atoms with Crippen LogP contribution in [0.1, 0.15) is 30.6 Å². The Balaban J connectivity index is 1.99. The maximum absolute atomic E-state index is 12.4. The van der Waals surface area contributed by atoms with E-state index in [1.165, 1.54) is 11.8 Å². The summed E-state index contributed by atoms with van der Waals surface area (Å²) in [5.41, 5.74) is 0.484. The Bertz CT molecular complexity index is 824. The Hall–Kier alpha value is -1.86. The van der Waals surface area contributed by atoms with Crippen molar-refractivity contribution < 1.29 is 13.2 Å². The number of nitrogens with one attached hydrogen (secondary N) is 1. The molecule has 2 aromatic rings. The zero-order valence-corrected chi connectivity index (χ0v) is 16.6. The number of amides is 1. The highest BCUT2D eigenvalue weighted by atomic mass is 32.2. The van der Waals surface area contributed by atoms with Crippen molar-refractivity contribution in [2.75, 3.05) is 18.1 Å². The summed E-state index contributed by atoms with van der Waals surface area (Å²) < 4.78 is 24.7. The van der Waals surface area contributed by atoms with E-state index in [2.05, 4.69) is 24.1 Å². The molecule has 1 amide bonds. The van der Waals surface area contributed by atoms with Gasteiger partial charge in [-0.1, -0.05) is 38.5 Å². The van der Waals surface area contributed by atoms with Crippen molar-refractivity contribution in [3.05, 3.63) is 54.2 Å². The van der Waals surface area contributed by atoms with E-state index < -0.39 is 9.84 Å². The molecule has 0 aliphatic carbocycles. The molecule has 1 N–H and O–H groups in total. The van der Waals surface area contributed by atoms with Crippen LogP contribution in [-0.2, 0) is 9.84 Å². The molecular weight excluding hydrogens is 368 g/mol. The normalized spacial score (nSPS) is 12.5. The molecule has 2 rings (SSSR count). The van der Waals surface area contributed by atoms with Crippen LogP contribution in [-0.4, -0.2) is 37.4 Å². The summed E-state index contributed by atoms with van der Waals surface area (Å²) in [7, 11) is -3.34. The molecule has 0 saturated carbocycles. The van der Waals surface area contributed by atoms with E-state index in [9.17, 15) is 13.2 Å². The zero-order chi connectivity index (χ0) is 19.0. The van der Waals surface area contributed by atoms with Gasteiger partial charge in [-0.2, -0.15) is 0 Å². The number of hydrogen-bond acceptors (Lipinski definition) is 5. The van der Waals surface area contributed by atoms with Crippen LogP contribution in [0.5, 0.6) is 0 Å². The average Bonchev–Trinajstić information content (AvgIpc) is 2.66. The Morgan fingerprint density at radius 1 is 1.19 bits per heavy atom. The minimum atomic E-state index is -3.34. The maximum atomic E-state index is 12.4. The van der Waals surface area contributed by atoms with Crippen LogP contribution in [0, 0.1) is 5.92 Å². The summed E-state index contributed by atoms with van der Waals surface area (Å²) in [6.45, 7) is 4.76. The van der Waals surface area contributed by atoms with Crippen LogP contribution in [0.3, 0.4) is 0 Å². The fourth-order valence-electron chi connectivity index (χ4n) is 2.18. The van der Waals surface area contributed by atoms with Gasteiger partial charge in [-0.05, 0) is 30.2 Å². The molecule has 140 valence electrons. The van der Waals surface area contributed by atoms with Gasteiger partial charge in [-0.25, -0.2) is 13.4 Å². The largest absolute Gasteiger partial charge is 0.352 e. The Labute approximate surface area is 159 Å². The van der Waals surface area contributed by atoms with Crippen molar-refractivity contribution in [2.45, 2.75) is 30.2 Å². The summed E-state index contributed by atoms with van der Waals surface area (Å²) >= 11 is 1.29. The summed E-state index contributed by atoms with van der Waals surface area (Å²) in [6, 6.07) is 11.8. The fourth-order valence-corrected chi connectivity index (χ4v) is 4.84. The van der Waals surface area contributed by atoms with Gasteiger partial charge in [0.15, 0.2) is 9.84 Å². The van der Waals surface area contributed by atoms with E-state index in [1.807, 2.05) is 0 Å². The minimum absolute atomic E-state index is 0.00776. The first-order valence-electron chi connectivity index (χ1n) is 8.58. The van der Waals surface area contributed by atoms with Gasteiger partial charge in [0, 0.05) is 18.5 Å². The standard InChI is InChI=1S/C19H24N2O3S2/c1-3-15(2)14-21-18(22)17-10-7-11-20-19(17)25-12-13-26(23,24)16-8-5-4-6-9-16/h4-11,15H,3,12-14H2,1-2H3,(H,21,22). The van der Waals surface area contributed by atoms with E-state index in [0.717, 1.165) is 6.42 Å². The predicted octanol–water partition coefficient (Wildman–Crippen LogP) is 3.42. The van der Waals surface area contributed by atoms with Crippen LogP contribution in [0.15, 0.2) is 58.6 Å². The molecule has 0 aliphatic rings. The average molecular weight is 393 g/mol. The van der Waals surface area contributed by atoms with Gasteiger partial charge in [0.1, 0.15) is 5.03 Å². The first kappa shape index (κ1) is 20.5. The van der Waals surface area contributed by atoms with Gasteiger partial charge in [0.2, 0.25) is 0 Å². The Morgan fingerprint density at radius 3 is 2.62 bits per heavy atom. The second-order valence-corrected chi connectivity index (χ2v) is 9.25. The van der Waals surface area contributed by atoms with Crippen LogP contribution < -0.4 is 5.32 Å². The quantitative estimate of drug-likeness (QED) is 0.662. The molecule has 7 heteroatoms. The van der Waals surface area contributed by atoms with E-state index >= 15 is 0 Å². The second kappa shape index (κ2) is 9.73. The number of nitrogens with zero attached hydrogens (tertiary/aromatic N) is 1. The van der Waals surface area contributed by atoms with Crippen LogP contribution in [0.2, 0.25) is 0 Å². The van der Waals surface area contributed by atoms with E-state index in [4.69, 9.17) is 0 Å². The molecule has 0 bridgehead atoms. The smallest absolute Gasteiger partial charge is 0.254 e. The molecule has 0 spiro atoms. The molecule has 1 atom stereocenters. The highest BCUT2D eigenvalue weighted by Crippen LogP contribution is 2.21. The predicted molar refractivity (Wildman–Crippen MR) is 105 cm³/mol. The monoisotopic (exact) mass is 392 g/mol. The summed E-state index contributed by atoms with van der Waals surface area (Å²) in [6.07, 6.45) is 2.60. The molecule has 1 aromatic heterocycles. The van der Waals surface area contributed by atoms with Crippen LogP contribution in [0.4, 0.5) is 0 Å². The molecule has 0 saturated heterocycles. The summed E-state index contributed by atoms with van der Waals surface area (Å²) in [4.78, 5) is 16.9. The molecular formula is C19H24N2O3S2. The highest BCUT2D eigenvalue weighted by molar-refractivity contribution is 8.00. The van der Waals surface area contributed by atoms with Gasteiger partial charge in [0.25, 0.3) is 5.91 Å². The Kier molecular flexibility index (Phi) is 7.66. The van der Waals surface area contributed by atoms with Crippen molar-refractivity contribution in [1.29, 1.82) is 0 Å². The topological polar surface area (TPSA) is 76.1 Å². The number of hydrogen-bond donors (Lipinski definition) is 1. The van der Waals surface area contributed by atoms with Gasteiger partial charge in [-0.15, -0.1) is 11.8 Å². The fraction of sp³-hybridized carbons (Fsp3) is 0.368. The molecule has 1 heterocycles. The summed E-state index contributed by atoms with van der Waals surface area (Å²) in [5, 5.41) is 3.47. The highest BCUT2D eigenvalue weighted by Gasteiger charge is 2.17. The minimum Gasteiger partial charge on any atom is -0.352 e. The van der Waals surface area contributed by atoms with Gasteiger partial charge < -0.3 is 5.32 Å².